The number of para-hydroxylation sites is 1. The number of H-pyrrole nitrogens is 1. The van der Waals surface area contributed by atoms with Crippen LogP contribution in [0.15, 0.2) is 36.4 Å². The number of amides is 1. The topological polar surface area (TPSA) is 126 Å². The Morgan fingerprint density at radius 3 is 2.68 bits per heavy atom. The number of carbonyl (C=O) groups excluding carboxylic acids is 1. The van der Waals surface area contributed by atoms with Gasteiger partial charge in [-0.1, -0.05) is 18.1 Å². The molecule has 2 aromatic carbocycles. The molecule has 1 atom stereocenters. The monoisotopic (exact) mass is 417 g/mol. The molecule has 0 saturated heterocycles. The summed E-state index contributed by atoms with van der Waals surface area (Å²) in [5.41, 5.74) is 1.99. The minimum atomic E-state index is -0.647. The Kier molecular flexibility index (Phi) is 3.94. The molecule has 0 spiro atoms. The lowest BCUT2D eigenvalue weighted by atomic mass is 9.95. The second-order valence-corrected chi connectivity index (χ2v) is 7.39. The van der Waals surface area contributed by atoms with Gasteiger partial charge in [-0.05, 0) is 24.1 Å². The summed E-state index contributed by atoms with van der Waals surface area (Å²) >= 11 is 0. The maximum atomic E-state index is 13.2. The van der Waals surface area contributed by atoms with Gasteiger partial charge in [0, 0.05) is 18.0 Å². The van der Waals surface area contributed by atoms with Gasteiger partial charge in [0.25, 0.3) is 17.3 Å². The standard InChI is InChI=1S/C21H15N5O5/c1-2-8-23-16-6-4-3-5-14(16)21(27)24-9-7-13-15-10-12(25(28)29)11-17(26(30)31)18(15)22-19(13)20(23)24/h1,3-6,10-11,20,22H,7-9H2. The van der Waals surface area contributed by atoms with Gasteiger partial charge >= 0.3 is 0 Å². The van der Waals surface area contributed by atoms with Crippen LogP contribution in [0.4, 0.5) is 17.1 Å². The van der Waals surface area contributed by atoms with Crippen molar-refractivity contribution in [1.82, 2.24) is 9.88 Å². The first-order chi connectivity index (χ1) is 14.9. The molecule has 1 unspecified atom stereocenters. The van der Waals surface area contributed by atoms with Gasteiger partial charge in [0.1, 0.15) is 11.7 Å². The Labute approximate surface area is 175 Å². The number of aromatic nitrogens is 1. The molecule has 0 bridgehead atoms. The normalized spacial score (nSPS) is 17.0. The minimum absolute atomic E-state index is 0.154. The third-order valence-electron chi connectivity index (χ3n) is 5.84. The van der Waals surface area contributed by atoms with Crippen molar-refractivity contribution in [3.63, 3.8) is 0 Å². The Bertz CT molecular complexity index is 1340. The molecule has 5 rings (SSSR count). The largest absolute Gasteiger partial charge is 0.349 e. The molecule has 2 aliphatic heterocycles. The molecule has 3 heterocycles. The zero-order valence-corrected chi connectivity index (χ0v) is 16.1. The summed E-state index contributed by atoms with van der Waals surface area (Å²) < 4.78 is 0. The average molecular weight is 417 g/mol. The summed E-state index contributed by atoms with van der Waals surface area (Å²) in [4.78, 5) is 41.5. The van der Waals surface area contributed by atoms with E-state index >= 15 is 0 Å². The molecule has 0 radical (unpaired) electrons. The predicted molar refractivity (Wildman–Crippen MR) is 112 cm³/mol. The maximum absolute atomic E-state index is 13.2. The average Bonchev–Trinajstić information content (AvgIpc) is 3.14. The van der Waals surface area contributed by atoms with Gasteiger partial charge < -0.3 is 14.8 Å². The molecule has 10 nitrogen and oxygen atoms in total. The molecule has 1 amide bonds. The van der Waals surface area contributed by atoms with Crippen molar-refractivity contribution in [3.05, 3.63) is 73.4 Å². The summed E-state index contributed by atoms with van der Waals surface area (Å²) in [6.07, 6.45) is 5.43. The van der Waals surface area contributed by atoms with Crippen molar-refractivity contribution in [2.45, 2.75) is 12.6 Å². The van der Waals surface area contributed by atoms with E-state index in [1.165, 1.54) is 6.07 Å². The molecule has 3 aromatic rings. The lowest BCUT2D eigenvalue weighted by molar-refractivity contribution is -0.393. The van der Waals surface area contributed by atoms with Crippen molar-refractivity contribution in [1.29, 1.82) is 0 Å². The fraction of sp³-hybridized carbons (Fsp3) is 0.190. The van der Waals surface area contributed by atoms with Crippen LogP contribution < -0.4 is 4.90 Å². The molecule has 2 aliphatic rings. The first kappa shape index (κ1) is 18.6. The number of aromatic amines is 1. The molecule has 0 aliphatic carbocycles. The van der Waals surface area contributed by atoms with E-state index in [0.717, 1.165) is 11.6 Å². The second-order valence-electron chi connectivity index (χ2n) is 7.39. The maximum Gasteiger partial charge on any atom is 0.300 e. The van der Waals surface area contributed by atoms with Crippen molar-refractivity contribution in [2.24, 2.45) is 0 Å². The third kappa shape index (κ3) is 2.56. The molecule has 1 aromatic heterocycles. The fourth-order valence-electron chi connectivity index (χ4n) is 4.58. The van der Waals surface area contributed by atoms with Crippen LogP contribution in [0.3, 0.4) is 0 Å². The van der Waals surface area contributed by atoms with Crippen LogP contribution in [0.1, 0.15) is 27.8 Å². The smallest absolute Gasteiger partial charge is 0.300 e. The fourth-order valence-corrected chi connectivity index (χ4v) is 4.58. The summed E-state index contributed by atoms with van der Waals surface area (Å²) in [5, 5.41) is 23.4. The van der Waals surface area contributed by atoms with E-state index in [1.54, 1.807) is 17.0 Å². The number of anilines is 1. The lowest BCUT2D eigenvalue weighted by Gasteiger charge is -2.47. The first-order valence-electron chi connectivity index (χ1n) is 9.49. The van der Waals surface area contributed by atoms with Crippen LogP contribution in [0, 0.1) is 32.6 Å². The van der Waals surface area contributed by atoms with Crippen molar-refractivity contribution >= 4 is 33.9 Å². The molecular weight excluding hydrogens is 402 g/mol. The number of hydrogen-bond acceptors (Lipinski definition) is 6. The quantitative estimate of drug-likeness (QED) is 0.396. The van der Waals surface area contributed by atoms with E-state index in [1.807, 2.05) is 17.0 Å². The van der Waals surface area contributed by atoms with E-state index in [2.05, 4.69) is 10.9 Å². The van der Waals surface area contributed by atoms with Crippen LogP contribution in [0.5, 0.6) is 0 Å². The van der Waals surface area contributed by atoms with Crippen LogP contribution in [0.2, 0.25) is 0 Å². The highest BCUT2D eigenvalue weighted by molar-refractivity contribution is 6.03. The van der Waals surface area contributed by atoms with Crippen molar-refractivity contribution in [3.8, 4) is 12.3 Å². The van der Waals surface area contributed by atoms with Gasteiger partial charge in [-0.3, -0.25) is 25.0 Å². The minimum Gasteiger partial charge on any atom is -0.349 e. The van der Waals surface area contributed by atoms with E-state index in [-0.39, 0.29) is 29.3 Å². The number of rotatable bonds is 3. The van der Waals surface area contributed by atoms with E-state index in [9.17, 15) is 25.0 Å². The zero-order chi connectivity index (χ0) is 21.9. The molecule has 0 saturated carbocycles. The van der Waals surface area contributed by atoms with E-state index in [0.29, 0.717) is 35.3 Å². The Morgan fingerprint density at radius 2 is 1.97 bits per heavy atom. The highest BCUT2D eigenvalue weighted by atomic mass is 16.6. The molecule has 0 fully saturated rings. The zero-order valence-electron chi connectivity index (χ0n) is 16.1. The number of fused-ring (bicyclic) bond motifs is 6. The number of benzene rings is 2. The van der Waals surface area contributed by atoms with Gasteiger partial charge in [-0.2, -0.15) is 0 Å². The Balaban J connectivity index is 1.78. The second kappa shape index (κ2) is 6.56. The number of nitrogens with zero attached hydrogens (tertiary/aromatic N) is 4. The first-order valence-corrected chi connectivity index (χ1v) is 9.49. The number of nitrogens with one attached hydrogen (secondary N) is 1. The van der Waals surface area contributed by atoms with Crippen LogP contribution in [0.25, 0.3) is 10.9 Å². The lowest BCUT2D eigenvalue weighted by Crippen LogP contribution is -2.52. The summed E-state index contributed by atoms with van der Waals surface area (Å²) in [7, 11) is 0. The molecule has 10 heteroatoms. The number of terminal acetylenes is 1. The van der Waals surface area contributed by atoms with Gasteiger partial charge in [-0.15, -0.1) is 6.42 Å². The predicted octanol–water partition coefficient (Wildman–Crippen LogP) is 3.13. The Morgan fingerprint density at radius 1 is 1.19 bits per heavy atom. The van der Waals surface area contributed by atoms with Crippen LogP contribution in [-0.2, 0) is 6.42 Å². The van der Waals surface area contributed by atoms with Crippen LogP contribution in [-0.4, -0.2) is 38.7 Å². The highest BCUT2D eigenvalue weighted by Crippen LogP contribution is 2.45. The summed E-state index contributed by atoms with van der Waals surface area (Å²) in [6, 6.07) is 9.44. The van der Waals surface area contributed by atoms with Crippen molar-refractivity contribution < 1.29 is 14.6 Å². The summed E-state index contributed by atoms with van der Waals surface area (Å²) in [6.45, 7) is 0.567. The third-order valence-corrected chi connectivity index (χ3v) is 5.84. The molecule has 154 valence electrons. The van der Waals surface area contributed by atoms with E-state index in [4.69, 9.17) is 6.42 Å². The molecular formula is C21H15N5O5. The van der Waals surface area contributed by atoms with Gasteiger partial charge in [0.15, 0.2) is 0 Å². The van der Waals surface area contributed by atoms with Crippen molar-refractivity contribution in [2.75, 3.05) is 18.0 Å². The van der Waals surface area contributed by atoms with Crippen LogP contribution >= 0.6 is 0 Å². The highest BCUT2D eigenvalue weighted by Gasteiger charge is 2.43. The number of hydrogen-bond donors (Lipinski definition) is 1. The molecule has 1 N–H and O–H groups in total. The number of nitro benzene ring substituents is 2. The number of nitro groups is 2. The number of carbonyl (C=O) groups is 1. The summed E-state index contributed by atoms with van der Waals surface area (Å²) in [5.74, 6) is 2.47. The van der Waals surface area contributed by atoms with Gasteiger partial charge in [0.05, 0.1) is 39.4 Å². The Hall–Kier alpha value is -4.39. The van der Waals surface area contributed by atoms with Gasteiger partial charge in [0.2, 0.25) is 0 Å². The molecule has 31 heavy (non-hydrogen) atoms. The SMILES string of the molecule is C#CCN1c2ccccc2C(=O)N2CCc3c([nH]c4c([N+](=O)[O-])cc([N+](=O)[O-])cc34)C21. The van der Waals surface area contributed by atoms with Gasteiger partial charge in [-0.25, -0.2) is 0 Å². The number of non-ortho nitro benzene ring substituents is 2. The van der Waals surface area contributed by atoms with E-state index < -0.39 is 16.0 Å².